The van der Waals surface area contributed by atoms with Gasteiger partial charge in [-0.15, -0.1) is 0 Å². The Balaban J connectivity index is 1.27. The van der Waals surface area contributed by atoms with Gasteiger partial charge in [0, 0.05) is 43.3 Å². The number of anilines is 1. The number of benzene rings is 1. The summed E-state index contributed by atoms with van der Waals surface area (Å²) in [6.07, 6.45) is 10.1. The maximum absolute atomic E-state index is 13.7. The van der Waals surface area contributed by atoms with E-state index in [9.17, 15) is 9.90 Å². The minimum atomic E-state index is -0.271. The number of nitrogens with one attached hydrogen (secondary N) is 1. The van der Waals surface area contributed by atoms with Crippen molar-refractivity contribution in [3.8, 4) is 17.0 Å². The lowest BCUT2D eigenvalue weighted by Crippen LogP contribution is -2.37. The molecule has 232 valence electrons. The second kappa shape index (κ2) is 13.4. The number of amides is 1. The molecule has 4 aromatic rings. The largest absolute Gasteiger partial charge is 0.496 e. The van der Waals surface area contributed by atoms with Crippen molar-refractivity contribution < 1.29 is 14.6 Å². The molecule has 2 aliphatic rings. The number of carbonyl (C=O) groups excluding carboxylic acids is 1. The monoisotopic (exact) mass is 597 g/mol. The molecule has 3 aromatic heterocycles. The molecule has 10 heteroatoms. The fourth-order valence-corrected chi connectivity index (χ4v) is 6.61. The van der Waals surface area contributed by atoms with Crippen molar-refractivity contribution in [2.75, 3.05) is 52.7 Å². The maximum Gasteiger partial charge on any atom is 0.258 e. The molecule has 1 amide bonds. The molecule has 0 atom stereocenters. The van der Waals surface area contributed by atoms with Crippen LogP contribution in [0, 0.1) is 0 Å². The molecule has 44 heavy (non-hydrogen) atoms. The van der Waals surface area contributed by atoms with E-state index in [1.807, 2.05) is 0 Å². The number of fused-ring (bicyclic) bond motifs is 1. The van der Waals surface area contributed by atoms with Crippen molar-refractivity contribution in [2.24, 2.45) is 0 Å². The fraction of sp³-hybridized carbons (Fsp3) is 0.471. The van der Waals surface area contributed by atoms with Crippen LogP contribution >= 0.6 is 0 Å². The molecule has 0 bridgehead atoms. The highest BCUT2D eigenvalue weighted by Gasteiger charge is 2.27. The first kappa shape index (κ1) is 30.2. The average Bonchev–Trinajstić information content (AvgIpc) is 3.41. The van der Waals surface area contributed by atoms with E-state index in [2.05, 4.69) is 61.9 Å². The number of piperidine rings is 1. The van der Waals surface area contributed by atoms with Crippen molar-refractivity contribution in [1.82, 2.24) is 29.3 Å². The van der Waals surface area contributed by atoms with Crippen LogP contribution in [0.15, 0.2) is 55.0 Å². The van der Waals surface area contributed by atoms with Gasteiger partial charge in [-0.2, -0.15) is 0 Å². The number of hydrogen-bond acceptors (Lipinski definition) is 8. The van der Waals surface area contributed by atoms with Crippen LogP contribution in [0.3, 0.4) is 0 Å². The summed E-state index contributed by atoms with van der Waals surface area (Å²) in [6.45, 7) is 4.41. The molecule has 0 spiro atoms. The minimum absolute atomic E-state index is 0.148. The summed E-state index contributed by atoms with van der Waals surface area (Å²) in [5.41, 5.74) is 5.05. The normalized spacial score (nSPS) is 19.8. The van der Waals surface area contributed by atoms with Crippen LogP contribution in [0.2, 0.25) is 0 Å². The Morgan fingerprint density at radius 1 is 1.05 bits per heavy atom. The van der Waals surface area contributed by atoms with E-state index < -0.39 is 0 Å². The first-order valence-corrected chi connectivity index (χ1v) is 15.7. The zero-order chi connectivity index (χ0) is 30.6. The number of imidazole rings is 1. The number of aromatic nitrogens is 4. The minimum Gasteiger partial charge on any atom is -0.496 e. The van der Waals surface area contributed by atoms with Gasteiger partial charge < -0.3 is 24.2 Å². The Labute approximate surface area is 259 Å². The Kier molecular flexibility index (Phi) is 9.20. The summed E-state index contributed by atoms with van der Waals surface area (Å²) in [4.78, 5) is 32.1. The predicted octanol–water partition coefficient (Wildman–Crippen LogP) is 4.97. The van der Waals surface area contributed by atoms with E-state index in [-0.39, 0.29) is 18.1 Å². The molecule has 1 aliphatic heterocycles. The lowest BCUT2D eigenvalue weighted by molar-refractivity contribution is 0.102. The SMILES string of the molecule is COc1ccncc1-c1cc(C(=O)Nc2nc3ccc(C4CCN(CCN(C)C)CC4)cc3n2[C@H]2CC[C@@H](O)CC2)ccn1. The van der Waals surface area contributed by atoms with Crippen LogP contribution in [-0.2, 0) is 0 Å². The van der Waals surface area contributed by atoms with Crippen LogP contribution in [0.1, 0.15) is 66.4 Å². The summed E-state index contributed by atoms with van der Waals surface area (Å²) < 4.78 is 7.69. The third kappa shape index (κ3) is 6.62. The third-order valence-corrected chi connectivity index (χ3v) is 9.19. The lowest BCUT2D eigenvalue weighted by atomic mass is 9.89. The first-order chi connectivity index (χ1) is 21.4. The van der Waals surface area contributed by atoms with Crippen molar-refractivity contribution in [1.29, 1.82) is 0 Å². The van der Waals surface area contributed by atoms with Crippen LogP contribution in [0.25, 0.3) is 22.3 Å². The lowest BCUT2D eigenvalue weighted by Gasteiger charge is -2.33. The molecule has 6 rings (SSSR count). The number of likely N-dealkylation sites (N-methyl/N-ethyl adjacent to an activating group) is 1. The summed E-state index contributed by atoms with van der Waals surface area (Å²) in [6, 6.07) is 12.0. The number of pyridine rings is 2. The van der Waals surface area contributed by atoms with Gasteiger partial charge in [-0.3, -0.25) is 20.1 Å². The van der Waals surface area contributed by atoms with Crippen LogP contribution in [0.4, 0.5) is 5.95 Å². The molecule has 4 heterocycles. The maximum atomic E-state index is 13.7. The standard InChI is InChI=1S/C34H43N7O3/c1-39(2)18-19-40-16-12-23(13-17-40)24-4-9-29-31(21-24)41(26-5-7-27(42)8-6-26)34(37-29)38-33(43)25-10-15-36-30(20-25)28-22-35-14-11-32(28)44-3/h4,9-11,14-15,20-23,26-27,42H,5-8,12-13,16-19H2,1-3H3,(H,37,38,43)/t26-,27+. The Bertz CT molecular complexity index is 1590. The fourth-order valence-electron chi connectivity index (χ4n) is 6.61. The van der Waals surface area contributed by atoms with E-state index in [1.54, 1.807) is 43.9 Å². The molecule has 2 fully saturated rings. The van der Waals surface area contributed by atoms with Gasteiger partial charge in [-0.25, -0.2) is 4.98 Å². The second-order valence-electron chi connectivity index (χ2n) is 12.4. The van der Waals surface area contributed by atoms with E-state index >= 15 is 0 Å². The number of aliphatic hydroxyl groups is 1. The molecule has 0 radical (unpaired) electrons. The Morgan fingerprint density at radius 2 is 1.84 bits per heavy atom. The Hall–Kier alpha value is -3.86. The van der Waals surface area contributed by atoms with Crippen molar-refractivity contribution in [3.05, 3.63) is 66.1 Å². The number of ether oxygens (including phenoxy) is 1. The van der Waals surface area contributed by atoms with E-state index in [4.69, 9.17) is 9.72 Å². The number of hydrogen-bond donors (Lipinski definition) is 2. The van der Waals surface area contributed by atoms with E-state index in [1.165, 1.54) is 5.56 Å². The van der Waals surface area contributed by atoms with E-state index in [0.29, 0.717) is 34.4 Å². The smallest absolute Gasteiger partial charge is 0.258 e. The van der Waals surface area contributed by atoms with Gasteiger partial charge >= 0.3 is 0 Å². The van der Waals surface area contributed by atoms with Gasteiger partial charge in [-0.05, 0) is 108 Å². The summed E-state index contributed by atoms with van der Waals surface area (Å²) >= 11 is 0. The van der Waals surface area contributed by atoms with Gasteiger partial charge in [0.25, 0.3) is 5.91 Å². The molecule has 1 saturated heterocycles. The molecule has 1 aliphatic carbocycles. The number of methoxy groups -OCH3 is 1. The molecule has 1 aromatic carbocycles. The summed E-state index contributed by atoms with van der Waals surface area (Å²) in [7, 11) is 5.86. The molecule has 10 nitrogen and oxygen atoms in total. The highest BCUT2D eigenvalue weighted by Crippen LogP contribution is 2.37. The van der Waals surface area contributed by atoms with Gasteiger partial charge in [0.1, 0.15) is 5.75 Å². The van der Waals surface area contributed by atoms with Crippen LogP contribution < -0.4 is 10.1 Å². The zero-order valence-corrected chi connectivity index (χ0v) is 25.9. The topological polar surface area (TPSA) is 109 Å². The van der Waals surface area contributed by atoms with Crippen LogP contribution in [0.5, 0.6) is 5.75 Å². The number of rotatable bonds is 9. The first-order valence-electron chi connectivity index (χ1n) is 15.7. The molecule has 0 unspecified atom stereocenters. The van der Waals surface area contributed by atoms with Gasteiger partial charge in [0.2, 0.25) is 5.95 Å². The zero-order valence-electron chi connectivity index (χ0n) is 25.9. The quantitative estimate of drug-likeness (QED) is 0.279. The summed E-state index contributed by atoms with van der Waals surface area (Å²) in [5.74, 6) is 1.43. The third-order valence-electron chi connectivity index (χ3n) is 9.19. The Morgan fingerprint density at radius 3 is 2.59 bits per heavy atom. The number of carbonyl (C=O) groups is 1. The van der Waals surface area contributed by atoms with Gasteiger partial charge in [-0.1, -0.05) is 6.07 Å². The highest BCUT2D eigenvalue weighted by atomic mass is 16.5. The molecular weight excluding hydrogens is 554 g/mol. The van der Waals surface area contributed by atoms with Crippen molar-refractivity contribution in [3.63, 3.8) is 0 Å². The molecule has 1 saturated carbocycles. The number of nitrogens with zero attached hydrogens (tertiary/aromatic N) is 6. The number of aliphatic hydroxyl groups excluding tert-OH is 1. The highest BCUT2D eigenvalue weighted by molar-refractivity contribution is 6.04. The van der Waals surface area contributed by atoms with E-state index in [0.717, 1.165) is 75.7 Å². The number of likely N-dealkylation sites (tertiary alicyclic amines) is 1. The summed E-state index contributed by atoms with van der Waals surface area (Å²) in [5, 5.41) is 13.4. The predicted molar refractivity (Wildman–Crippen MR) is 172 cm³/mol. The second-order valence-corrected chi connectivity index (χ2v) is 12.4. The van der Waals surface area contributed by atoms with Crippen molar-refractivity contribution >= 4 is 22.9 Å². The molecule has 2 N–H and O–H groups in total. The van der Waals surface area contributed by atoms with Gasteiger partial charge in [0.05, 0.1) is 35.5 Å². The van der Waals surface area contributed by atoms with Crippen molar-refractivity contribution in [2.45, 2.75) is 56.6 Å². The average molecular weight is 598 g/mol. The molecular formula is C34H43N7O3. The van der Waals surface area contributed by atoms with Gasteiger partial charge in [0.15, 0.2) is 0 Å². The van der Waals surface area contributed by atoms with Crippen LogP contribution in [-0.4, -0.2) is 93.8 Å².